The first-order valence-corrected chi connectivity index (χ1v) is 10.5. The lowest BCUT2D eigenvalue weighted by molar-refractivity contribution is 0.134. The Morgan fingerprint density at radius 1 is 1.25 bits per heavy atom. The molecule has 0 N–H and O–H groups in total. The Labute approximate surface area is 151 Å². The van der Waals surface area contributed by atoms with Crippen LogP contribution in [0.5, 0.6) is 5.88 Å². The molecular formula is C18H23N3OS2. The third kappa shape index (κ3) is 3.32. The fraction of sp³-hybridized carbons (Fsp3) is 0.556. The number of likely N-dealkylation sites (tertiary alicyclic amines) is 1. The Kier molecular flexibility index (Phi) is 5.06. The second-order valence-corrected chi connectivity index (χ2v) is 8.24. The van der Waals surface area contributed by atoms with Crippen molar-refractivity contribution >= 4 is 23.5 Å². The largest absolute Gasteiger partial charge is 0.470 e. The number of thioether (sulfide) groups is 1. The summed E-state index contributed by atoms with van der Waals surface area (Å²) in [6.07, 6.45) is 3.92. The van der Waals surface area contributed by atoms with Gasteiger partial charge < -0.3 is 4.74 Å². The lowest BCUT2D eigenvalue weighted by atomic mass is 10.1. The molecule has 4 nitrogen and oxygen atoms in total. The number of hydrogen-bond donors (Lipinski definition) is 0. The van der Waals surface area contributed by atoms with Crippen molar-refractivity contribution in [3.63, 3.8) is 0 Å². The number of piperidine rings is 1. The maximum atomic E-state index is 6.37. The lowest BCUT2D eigenvalue weighted by Gasteiger charge is -2.26. The van der Waals surface area contributed by atoms with Gasteiger partial charge in [-0.25, -0.2) is 0 Å². The maximum Gasteiger partial charge on any atom is 0.260 e. The average molecular weight is 362 g/mol. The van der Waals surface area contributed by atoms with Gasteiger partial charge in [-0.05, 0) is 30.6 Å². The Hall–Kier alpha value is -1.11. The summed E-state index contributed by atoms with van der Waals surface area (Å²) in [5, 5.41) is 0.975. The predicted octanol–water partition coefficient (Wildman–Crippen LogP) is 4.08. The van der Waals surface area contributed by atoms with E-state index in [-0.39, 0.29) is 6.10 Å². The molecule has 3 unspecified atom stereocenters. The van der Waals surface area contributed by atoms with Gasteiger partial charge in [-0.3, -0.25) is 4.90 Å². The Morgan fingerprint density at radius 3 is 2.96 bits per heavy atom. The molecular weight excluding hydrogens is 338 g/mol. The van der Waals surface area contributed by atoms with Crippen molar-refractivity contribution in [3.05, 3.63) is 35.9 Å². The lowest BCUT2D eigenvalue weighted by Crippen LogP contribution is -2.35. The zero-order chi connectivity index (χ0) is 16.4. The molecule has 0 spiro atoms. The van der Waals surface area contributed by atoms with E-state index < -0.39 is 0 Å². The van der Waals surface area contributed by atoms with Crippen LogP contribution in [0.2, 0.25) is 0 Å². The van der Waals surface area contributed by atoms with Gasteiger partial charge in [0.05, 0.1) is 11.7 Å². The summed E-state index contributed by atoms with van der Waals surface area (Å²) in [4.78, 5) is 2.59. The number of benzene rings is 1. The van der Waals surface area contributed by atoms with E-state index in [9.17, 15) is 0 Å². The second kappa shape index (κ2) is 7.42. The first kappa shape index (κ1) is 16.4. The molecule has 2 heterocycles. The van der Waals surface area contributed by atoms with Crippen LogP contribution in [-0.2, 0) is 6.54 Å². The minimum Gasteiger partial charge on any atom is -0.470 e. The summed E-state index contributed by atoms with van der Waals surface area (Å²) in [6.45, 7) is 4.35. The summed E-state index contributed by atoms with van der Waals surface area (Å²) in [5.41, 5.74) is 1.39. The van der Waals surface area contributed by atoms with Crippen LogP contribution in [0.25, 0.3) is 0 Å². The molecule has 1 saturated heterocycles. The van der Waals surface area contributed by atoms with E-state index in [1.807, 2.05) is 0 Å². The van der Waals surface area contributed by atoms with Crippen LogP contribution in [-0.4, -0.2) is 38.1 Å². The van der Waals surface area contributed by atoms with Gasteiger partial charge in [0, 0.05) is 25.0 Å². The summed E-state index contributed by atoms with van der Waals surface area (Å²) >= 11 is 3.03. The normalized spacial score (nSPS) is 26.1. The van der Waals surface area contributed by atoms with Crippen LogP contribution in [0, 0.1) is 5.92 Å². The van der Waals surface area contributed by atoms with Crippen molar-refractivity contribution in [2.45, 2.75) is 49.9 Å². The zero-order valence-electron chi connectivity index (χ0n) is 13.9. The molecule has 1 saturated carbocycles. The molecule has 6 heteroatoms. The smallest absolute Gasteiger partial charge is 0.260 e. The van der Waals surface area contributed by atoms with Crippen molar-refractivity contribution in [1.29, 1.82) is 0 Å². The fourth-order valence-corrected chi connectivity index (χ4v) is 5.26. The van der Waals surface area contributed by atoms with Crippen molar-refractivity contribution in [1.82, 2.24) is 13.6 Å². The molecule has 1 aliphatic carbocycles. The molecule has 3 atom stereocenters. The fourth-order valence-electron chi connectivity index (χ4n) is 3.88. The van der Waals surface area contributed by atoms with Gasteiger partial charge in [-0.15, -0.1) is 4.37 Å². The molecule has 0 amide bonds. The summed E-state index contributed by atoms with van der Waals surface area (Å²) < 4.78 is 15.2. The number of fused-ring (bicyclic) bond motifs is 2. The highest BCUT2D eigenvalue weighted by Gasteiger charge is 2.48. The first-order chi connectivity index (χ1) is 11.8. The first-order valence-electron chi connectivity index (χ1n) is 8.75. The molecule has 2 fully saturated rings. The van der Waals surface area contributed by atoms with Gasteiger partial charge in [-0.1, -0.05) is 49.0 Å². The molecule has 24 heavy (non-hydrogen) atoms. The molecule has 0 radical (unpaired) electrons. The van der Waals surface area contributed by atoms with Crippen LogP contribution >= 0.6 is 23.5 Å². The van der Waals surface area contributed by atoms with E-state index >= 15 is 0 Å². The van der Waals surface area contributed by atoms with Gasteiger partial charge in [0.15, 0.2) is 5.03 Å². The van der Waals surface area contributed by atoms with Gasteiger partial charge in [0.1, 0.15) is 6.10 Å². The van der Waals surface area contributed by atoms with Crippen LogP contribution < -0.4 is 4.74 Å². The molecule has 1 aliphatic heterocycles. The van der Waals surface area contributed by atoms with Crippen LogP contribution in [0.4, 0.5) is 0 Å². The quantitative estimate of drug-likeness (QED) is 0.695. The molecule has 2 aromatic rings. The van der Waals surface area contributed by atoms with Crippen molar-refractivity contribution in [3.8, 4) is 5.88 Å². The highest BCUT2D eigenvalue weighted by atomic mass is 32.2. The number of rotatable bonds is 7. The topological polar surface area (TPSA) is 38.3 Å². The second-order valence-electron chi connectivity index (χ2n) is 6.63. The van der Waals surface area contributed by atoms with Crippen molar-refractivity contribution in [2.24, 2.45) is 5.92 Å². The van der Waals surface area contributed by atoms with E-state index in [0.717, 1.165) is 36.2 Å². The van der Waals surface area contributed by atoms with Gasteiger partial charge in [0.25, 0.3) is 5.88 Å². The van der Waals surface area contributed by atoms with Gasteiger partial charge >= 0.3 is 0 Å². The summed E-state index contributed by atoms with van der Waals surface area (Å²) in [7, 11) is 0. The molecule has 2 aliphatic rings. The minimum absolute atomic E-state index is 0.276. The zero-order valence-corrected chi connectivity index (χ0v) is 15.6. The summed E-state index contributed by atoms with van der Waals surface area (Å²) in [6, 6.07) is 11.3. The van der Waals surface area contributed by atoms with Crippen molar-refractivity contribution < 1.29 is 4.74 Å². The average Bonchev–Trinajstić information content (AvgIpc) is 3.30. The number of aromatic nitrogens is 2. The molecule has 2 bridgehead atoms. The maximum absolute atomic E-state index is 6.37. The Morgan fingerprint density at radius 2 is 2.12 bits per heavy atom. The SMILES string of the molecule is CCCSc1nsnc1OC1C2CCC1N(Cc1ccccc1)C2. The van der Waals surface area contributed by atoms with E-state index in [1.165, 1.54) is 30.1 Å². The van der Waals surface area contributed by atoms with Crippen LogP contribution in [0.3, 0.4) is 0 Å². The highest BCUT2D eigenvalue weighted by molar-refractivity contribution is 7.99. The third-order valence-corrected chi connectivity index (χ3v) is 6.74. The van der Waals surface area contributed by atoms with Gasteiger partial charge in [-0.2, -0.15) is 4.37 Å². The molecule has 1 aromatic carbocycles. The van der Waals surface area contributed by atoms with Crippen LogP contribution in [0.15, 0.2) is 35.4 Å². The Bertz CT molecular complexity index is 663. The minimum atomic E-state index is 0.276. The number of ether oxygens (including phenoxy) is 1. The Balaban J connectivity index is 1.43. The van der Waals surface area contributed by atoms with E-state index in [2.05, 4.69) is 50.9 Å². The monoisotopic (exact) mass is 361 g/mol. The standard InChI is InChI=1S/C18H23N3OS2/c1-2-10-23-18-17(19-24-20-18)22-16-14-8-9-15(16)21(12-14)11-13-6-4-3-5-7-13/h3-7,14-16H,2,8-12H2,1H3. The van der Waals surface area contributed by atoms with Gasteiger partial charge in [0.2, 0.25) is 0 Å². The van der Waals surface area contributed by atoms with E-state index in [1.54, 1.807) is 11.8 Å². The summed E-state index contributed by atoms with van der Waals surface area (Å²) in [5.74, 6) is 2.46. The van der Waals surface area contributed by atoms with Crippen LogP contribution in [0.1, 0.15) is 31.7 Å². The van der Waals surface area contributed by atoms with Crippen molar-refractivity contribution in [2.75, 3.05) is 12.3 Å². The third-order valence-electron chi connectivity index (χ3n) is 4.96. The van der Waals surface area contributed by atoms with E-state index in [0.29, 0.717) is 12.0 Å². The van der Waals surface area contributed by atoms with E-state index in [4.69, 9.17) is 4.74 Å². The molecule has 1 aromatic heterocycles. The highest BCUT2D eigenvalue weighted by Crippen LogP contribution is 2.42. The molecule has 128 valence electrons. The number of hydrogen-bond acceptors (Lipinski definition) is 6. The molecule has 4 rings (SSSR count). The number of nitrogens with zero attached hydrogens (tertiary/aromatic N) is 3. The predicted molar refractivity (Wildman–Crippen MR) is 98.7 cm³/mol.